The van der Waals surface area contributed by atoms with Crippen LogP contribution in [0.3, 0.4) is 0 Å². The third-order valence-corrected chi connectivity index (χ3v) is 4.00. The quantitative estimate of drug-likeness (QED) is 0.760. The van der Waals surface area contributed by atoms with Gasteiger partial charge in [0.1, 0.15) is 6.54 Å². The SMILES string of the molecule is CC(NC(=O)Cn1nc2ccccn2c1=O)c1cccc(Br)c1. The van der Waals surface area contributed by atoms with Crippen molar-refractivity contribution >= 4 is 27.5 Å². The van der Waals surface area contributed by atoms with Crippen LogP contribution >= 0.6 is 15.9 Å². The van der Waals surface area contributed by atoms with Gasteiger partial charge in [0.25, 0.3) is 0 Å². The molecule has 1 N–H and O–H groups in total. The van der Waals surface area contributed by atoms with Crippen LogP contribution in [0, 0.1) is 0 Å². The molecule has 0 aliphatic rings. The van der Waals surface area contributed by atoms with Gasteiger partial charge in [0.2, 0.25) is 5.91 Å². The molecule has 2 aromatic heterocycles. The molecule has 118 valence electrons. The van der Waals surface area contributed by atoms with Gasteiger partial charge >= 0.3 is 5.69 Å². The number of benzene rings is 1. The Kier molecular flexibility index (Phi) is 4.29. The number of hydrogen-bond acceptors (Lipinski definition) is 3. The Balaban J connectivity index is 1.73. The molecule has 0 radical (unpaired) electrons. The lowest BCUT2D eigenvalue weighted by atomic mass is 10.1. The molecule has 0 spiro atoms. The zero-order chi connectivity index (χ0) is 16.4. The lowest BCUT2D eigenvalue weighted by Crippen LogP contribution is -2.34. The van der Waals surface area contributed by atoms with Gasteiger partial charge in [-0.05, 0) is 36.8 Å². The molecular formula is C16H15BrN4O2. The number of amides is 1. The summed E-state index contributed by atoms with van der Waals surface area (Å²) in [4.78, 5) is 24.3. The fraction of sp³-hybridized carbons (Fsp3) is 0.188. The topological polar surface area (TPSA) is 68.4 Å². The number of pyridine rings is 1. The van der Waals surface area contributed by atoms with E-state index < -0.39 is 0 Å². The number of nitrogens with one attached hydrogen (secondary N) is 1. The van der Waals surface area contributed by atoms with Gasteiger partial charge in [0.15, 0.2) is 5.65 Å². The third kappa shape index (κ3) is 3.34. The third-order valence-electron chi connectivity index (χ3n) is 3.51. The van der Waals surface area contributed by atoms with E-state index >= 15 is 0 Å². The normalized spacial score (nSPS) is 12.3. The van der Waals surface area contributed by atoms with E-state index in [0.29, 0.717) is 5.65 Å². The molecule has 2 heterocycles. The Morgan fingerprint density at radius 3 is 2.87 bits per heavy atom. The molecule has 1 aromatic carbocycles. The first-order chi connectivity index (χ1) is 11.0. The summed E-state index contributed by atoms with van der Waals surface area (Å²) in [5, 5.41) is 7.02. The van der Waals surface area contributed by atoms with Crippen LogP contribution < -0.4 is 11.0 Å². The van der Waals surface area contributed by atoms with E-state index in [0.717, 1.165) is 14.7 Å². The molecule has 23 heavy (non-hydrogen) atoms. The minimum Gasteiger partial charge on any atom is -0.348 e. The van der Waals surface area contributed by atoms with Crippen molar-refractivity contribution in [2.45, 2.75) is 19.5 Å². The Labute approximate surface area is 140 Å². The van der Waals surface area contributed by atoms with Crippen LogP contribution in [-0.4, -0.2) is 20.1 Å². The lowest BCUT2D eigenvalue weighted by Gasteiger charge is -2.14. The van der Waals surface area contributed by atoms with Gasteiger partial charge in [-0.25, -0.2) is 9.48 Å². The second-order valence-electron chi connectivity index (χ2n) is 5.21. The summed E-state index contributed by atoms with van der Waals surface area (Å²) >= 11 is 3.41. The number of hydrogen-bond donors (Lipinski definition) is 1. The summed E-state index contributed by atoms with van der Waals surface area (Å²) in [6.45, 7) is 1.78. The molecule has 1 unspecified atom stereocenters. The second kappa shape index (κ2) is 6.37. The number of halogens is 1. The molecular weight excluding hydrogens is 360 g/mol. The van der Waals surface area contributed by atoms with Gasteiger partial charge in [-0.1, -0.05) is 34.1 Å². The van der Waals surface area contributed by atoms with E-state index in [1.165, 1.54) is 4.40 Å². The van der Waals surface area contributed by atoms with E-state index in [9.17, 15) is 9.59 Å². The zero-order valence-electron chi connectivity index (χ0n) is 12.4. The van der Waals surface area contributed by atoms with E-state index in [2.05, 4.69) is 26.3 Å². The molecule has 3 aromatic rings. The van der Waals surface area contributed by atoms with Gasteiger partial charge in [0.05, 0.1) is 6.04 Å². The summed E-state index contributed by atoms with van der Waals surface area (Å²) in [6, 6.07) is 12.8. The van der Waals surface area contributed by atoms with Crippen molar-refractivity contribution in [1.82, 2.24) is 19.5 Å². The molecule has 3 rings (SSSR count). The van der Waals surface area contributed by atoms with Gasteiger partial charge < -0.3 is 5.32 Å². The van der Waals surface area contributed by atoms with Crippen molar-refractivity contribution in [3.05, 3.63) is 69.2 Å². The fourth-order valence-corrected chi connectivity index (χ4v) is 2.77. The van der Waals surface area contributed by atoms with Crippen molar-refractivity contribution in [3.63, 3.8) is 0 Å². The summed E-state index contributed by atoms with van der Waals surface area (Å²) < 4.78 is 3.52. The van der Waals surface area contributed by atoms with E-state index in [1.807, 2.05) is 31.2 Å². The molecule has 0 saturated heterocycles. The minimum absolute atomic E-state index is 0.112. The maximum atomic E-state index is 12.2. The van der Waals surface area contributed by atoms with Gasteiger partial charge in [0, 0.05) is 10.7 Å². The molecule has 7 heteroatoms. The molecule has 1 amide bonds. The first kappa shape index (κ1) is 15.5. The van der Waals surface area contributed by atoms with Crippen molar-refractivity contribution in [2.24, 2.45) is 0 Å². The second-order valence-corrected chi connectivity index (χ2v) is 6.13. The maximum Gasteiger partial charge on any atom is 0.350 e. The van der Waals surface area contributed by atoms with E-state index in [-0.39, 0.29) is 24.2 Å². The highest BCUT2D eigenvalue weighted by molar-refractivity contribution is 9.10. The van der Waals surface area contributed by atoms with Gasteiger partial charge in [-0.2, -0.15) is 0 Å². The minimum atomic E-state index is -0.328. The number of fused-ring (bicyclic) bond motifs is 1. The number of carbonyl (C=O) groups excluding carboxylic acids is 1. The summed E-state index contributed by atoms with van der Waals surface area (Å²) in [5.74, 6) is -0.261. The van der Waals surface area contributed by atoms with E-state index in [4.69, 9.17) is 0 Å². The predicted molar refractivity (Wildman–Crippen MR) is 90.2 cm³/mol. The van der Waals surface area contributed by atoms with Crippen molar-refractivity contribution in [3.8, 4) is 0 Å². The number of nitrogens with zero attached hydrogens (tertiary/aromatic N) is 3. The molecule has 6 nitrogen and oxygen atoms in total. The highest BCUT2D eigenvalue weighted by atomic mass is 79.9. The molecule has 0 aliphatic heterocycles. The molecule has 1 atom stereocenters. The fourth-order valence-electron chi connectivity index (χ4n) is 2.35. The van der Waals surface area contributed by atoms with Crippen molar-refractivity contribution in [1.29, 1.82) is 0 Å². The Morgan fingerprint density at radius 1 is 1.30 bits per heavy atom. The number of carbonyl (C=O) groups is 1. The average molecular weight is 375 g/mol. The summed E-state index contributed by atoms with van der Waals surface area (Å²) in [5.41, 5.74) is 1.17. The largest absolute Gasteiger partial charge is 0.350 e. The monoisotopic (exact) mass is 374 g/mol. The molecule has 0 bridgehead atoms. The van der Waals surface area contributed by atoms with Crippen LogP contribution in [0.15, 0.2) is 57.9 Å². The lowest BCUT2D eigenvalue weighted by molar-refractivity contribution is -0.122. The molecule has 0 saturated carbocycles. The van der Waals surface area contributed by atoms with Crippen LogP contribution in [0.25, 0.3) is 5.65 Å². The summed E-state index contributed by atoms with van der Waals surface area (Å²) in [6.07, 6.45) is 1.63. The zero-order valence-corrected chi connectivity index (χ0v) is 14.0. The number of aromatic nitrogens is 3. The van der Waals surface area contributed by atoms with Gasteiger partial charge in [-0.3, -0.25) is 9.20 Å². The molecule has 0 fully saturated rings. The Hall–Kier alpha value is -2.41. The van der Waals surface area contributed by atoms with Crippen molar-refractivity contribution in [2.75, 3.05) is 0 Å². The Morgan fingerprint density at radius 2 is 2.13 bits per heavy atom. The van der Waals surface area contributed by atoms with Gasteiger partial charge in [-0.15, -0.1) is 5.10 Å². The first-order valence-electron chi connectivity index (χ1n) is 7.13. The Bertz CT molecular complexity index is 916. The van der Waals surface area contributed by atoms with Crippen LogP contribution in [0.4, 0.5) is 0 Å². The smallest absolute Gasteiger partial charge is 0.348 e. The maximum absolute atomic E-state index is 12.2. The molecule has 0 aliphatic carbocycles. The summed E-state index contributed by atoms with van der Waals surface area (Å²) in [7, 11) is 0. The van der Waals surface area contributed by atoms with Crippen LogP contribution in [0.5, 0.6) is 0 Å². The average Bonchev–Trinajstić information content (AvgIpc) is 2.84. The first-order valence-corrected chi connectivity index (χ1v) is 7.93. The van der Waals surface area contributed by atoms with Crippen LogP contribution in [0.2, 0.25) is 0 Å². The number of rotatable bonds is 4. The predicted octanol–water partition coefficient (Wildman–Crippen LogP) is 2.14. The van der Waals surface area contributed by atoms with Crippen LogP contribution in [0.1, 0.15) is 18.5 Å². The highest BCUT2D eigenvalue weighted by Crippen LogP contribution is 2.17. The highest BCUT2D eigenvalue weighted by Gasteiger charge is 2.13. The van der Waals surface area contributed by atoms with Crippen molar-refractivity contribution < 1.29 is 4.79 Å². The van der Waals surface area contributed by atoms with Crippen LogP contribution in [-0.2, 0) is 11.3 Å². The standard InChI is InChI=1S/C16H15BrN4O2/c1-11(12-5-4-6-13(17)9-12)18-15(22)10-21-16(23)20-8-3-2-7-14(20)19-21/h2-9,11H,10H2,1H3,(H,18,22). The van der Waals surface area contributed by atoms with E-state index in [1.54, 1.807) is 24.4 Å².